The number of benzene rings is 2. The SMILES string of the molecule is CC(OC=Cc1ccccc1)C(=O)OCCc1ccccc1. The summed E-state index contributed by atoms with van der Waals surface area (Å²) in [6.07, 6.45) is 3.43. The van der Waals surface area contributed by atoms with Crippen molar-refractivity contribution in [1.29, 1.82) is 0 Å². The minimum atomic E-state index is -0.615. The van der Waals surface area contributed by atoms with Gasteiger partial charge in [-0.2, -0.15) is 0 Å². The first kappa shape index (κ1) is 15.8. The largest absolute Gasteiger partial charge is 0.487 e. The standard InChI is InChI=1S/C19H20O3/c1-16(21-14-12-17-8-4-2-5-9-17)19(20)22-15-13-18-10-6-3-7-11-18/h2-12,14,16H,13,15H2,1H3. The molecule has 1 unspecified atom stereocenters. The summed E-state index contributed by atoms with van der Waals surface area (Å²) in [5.74, 6) is -0.353. The van der Waals surface area contributed by atoms with Gasteiger partial charge in [-0.25, -0.2) is 4.79 Å². The van der Waals surface area contributed by atoms with E-state index >= 15 is 0 Å². The van der Waals surface area contributed by atoms with Gasteiger partial charge in [0.05, 0.1) is 12.9 Å². The van der Waals surface area contributed by atoms with Crippen LogP contribution >= 0.6 is 0 Å². The van der Waals surface area contributed by atoms with E-state index in [9.17, 15) is 4.79 Å². The minimum absolute atomic E-state index is 0.353. The van der Waals surface area contributed by atoms with Crippen molar-refractivity contribution in [2.45, 2.75) is 19.4 Å². The molecular formula is C19H20O3. The molecule has 0 saturated carbocycles. The highest BCUT2D eigenvalue weighted by Gasteiger charge is 2.13. The summed E-state index contributed by atoms with van der Waals surface area (Å²) in [6.45, 7) is 2.04. The van der Waals surface area contributed by atoms with Crippen LogP contribution in [-0.4, -0.2) is 18.7 Å². The molecule has 0 aliphatic rings. The second kappa shape index (κ2) is 8.67. The molecule has 0 spiro atoms. The molecule has 0 aromatic heterocycles. The van der Waals surface area contributed by atoms with Crippen molar-refractivity contribution in [3.63, 3.8) is 0 Å². The number of carbonyl (C=O) groups is 1. The van der Waals surface area contributed by atoms with E-state index in [-0.39, 0.29) is 5.97 Å². The van der Waals surface area contributed by atoms with E-state index in [1.165, 1.54) is 6.26 Å². The average molecular weight is 296 g/mol. The number of carbonyl (C=O) groups excluding carboxylic acids is 1. The van der Waals surface area contributed by atoms with Crippen LogP contribution in [0.3, 0.4) is 0 Å². The fourth-order valence-corrected chi connectivity index (χ4v) is 1.89. The van der Waals surface area contributed by atoms with E-state index in [1.807, 2.05) is 66.7 Å². The van der Waals surface area contributed by atoms with Gasteiger partial charge in [-0.1, -0.05) is 60.7 Å². The first-order valence-corrected chi connectivity index (χ1v) is 7.33. The Morgan fingerprint density at radius 1 is 1.05 bits per heavy atom. The Morgan fingerprint density at radius 3 is 2.36 bits per heavy atom. The first-order chi connectivity index (χ1) is 10.8. The molecule has 0 radical (unpaired) electrons. The predicted octanol–water partition coefficient (Wildman–Crippen LogP) is 3.85. The van der Waals surface area contributed by atoms with Crippen LogP contribution in [0.4, 0.5) is 0 Å². The number of ether oxygens (including phenoxy) is 2. The summed E-state index contributed by atoms with van der Waals surface area (Å²) in [5.41, 5.74) is 2.17. The van der Waals surface area contributed by atoms with E-state index in [1.54, 1.807) is 6.92 Å². The van der Waals surface area contributed by atoms with Crippen molar-refractivity contribution < 1.29 is 14.3 Å². The molecule has 0 aliphatic heterocycles. The molecule has 3 heteroatoms. The molecule has 114 valence electrons. The highest BCUT2D eigenvalue weighted by Crippen LogP contribution is 2.04. The average Bonchev–Trinajstić information content (AvgIpc) is 2.56. The van der Waals surface area contributed by atoms with Gasteiger partial charge < -0.3 is 9.47 Å². The van der Waals surface area contributed by atoms with Crippen LogP contribution in [0.15, 0.2) is 66.9 Å². The number of rotatable bonds is 7. The Bertz CT molecular complexity index is 591. The lowest BCUT2D eigenvalue weighted by Crippen LogP contribution is -2.22. The molecule has 22 heavy (non-hydrogen) atoms. The molecular weight excluding hydrogens is 276 g/mol. The summed E-state index contributed by atoms with van der Waals surface area (Å²) in [5, 5.41) is 0. The zero-order valence-corrected chi connectivity index (χ0v) is 12.6. The Balaban J connectivity index is 1.69. The van der Waals surface area contributed by atoms with Crippen LogP contribution < -0.4 is 0 Å². The minimum Gasteiger partial charge on any atom is -0.487 e. The van der Waals surface area contributed by atoms with Gasteiger partial charge in [-0.05, 0) is 24.1 Å². The molecule has 0 amide bonds. The van der Waals surface area contributed by atoms with E-state index in [4.69, 9.17) is 9.47 Å². The molecule has 0 bridgehead atoms. The molecule has 0 saturated heterocycles. The van der Waals surface area contributed by atoms with Gasteiger partial charge in [-0.3, -0.25) is 0 Å². The van der Waals surface area contributed by atoms with Crippen LogP contribution in [0.2, 0.25) is 0 Å². The lowest BCUT2D eigenvalue weighted by molar-refractivity contribution is -0.152. The third-order valence-electron chi connectivity index (χ3n) is 3.15. The molecule has 0 heterocycles. The maximum atomic E-state index is 11.8. The molecule has 0 N–H and O–H groups in total. The zero-order chi connectivity index (χ0) is 15.6. The van der Waals surface area contributed by atoms with Crippen molar-refractivity contribution in [1.82, 2.24) is 0 Å². The molecule has 2 rings (SSSR count). The van der Waals surface area contributed by atoms with Gasteiger partial charge in [0.25, 0.3) is 0 Å². The van der Waals surface area contributed by atoms with Crippen LogP contribution in [0, 0.1) is 0 Å². The number of hydrogen-bond donors (Lipinski definition) is 0. The van der Waals surface area contributed by atoms with Gasteiger partial charge in [0.2, 0.25) is 0 Å². The van der Waals surface area contributed by atoms with E-state index in [0.717, 1.165) is 11.1 Å². The van der Waals surface area contributed by atoms with Crippen molar-refractivity contribution in [2.24, 2.45) is 0 Å². The Kier molecular flexibility index (Phi) is 6.24. The van der Waals surface area contributed by atoms with E-state index in [0.29, 0.717) is 13.0 Å². The number of hydrogen-bond acceptors (Lipinski definition) is 3. The van der Waals surface area contributed by atoms with Gasteiger partial charge in [0, 0.05) is 6.42 Å². The third-order valence-corrected chi connectivity index (χ3v) is 3.15. The summed E-state index contributed by atoms with van der Waals surface area (Å²) >= 11 is 0. The van der Waals surface area contributed by atoms with Crippen molar-refractivity contribution in [2.75, 3.05) is 6.61 Å². The highest BCUT2D eigenvalue weighted by molar-refractivity contribution is 5.74. The smallest absolute Gasteiger partial charge is 0.347 e. The maximum Gasteiger partial charge on any atom is 0.347 e. The summed E-state index contributed by atoms with van der Waals surface area (Å²) < 4.78 is 10.6. The van der Waals surface area contributed by atoms with Gasteiger partial charge >= 0.3 is 5.97 Å². The lowest BCUT2D eigenvalue weighted by atomic mass is 10.2. The van der Waals surface area contributed by atoms with Crippen molar-refractivity contribution in [3.8, 4) is 0 Å². The second-order valence-electron chi connectivity index (χ2n) is 4.89. The monoisotopic (exact) mass is 296 g/mol. The van der Waals surface area contributed by atoms with Gasteiger partial charge in [-0.15, -0.1) is 0 Å². The van der Waals surface area contributed by atoms with Crippen LogP contribution in [-0.2, 0) is 20.7 Å². The van der Waals surface area contributed by atoms with Crippen LogP contribution in [0.25, 0.3) is 6.08 Å². The molecule has 3 nitrogen and oxygen atoms in total. The second-order valence-corrected chi connectivity index (χ2v) is 4.89. The quantitative estimate of drug-likeness (QED) is 0.575. The zero-order valence-electron chi connectivity index (χ0n) is 12.6. The molecule has 2 aromatic carbocycles. The van der Waals surface area contributed by atoms with Crippen LogP contribution in [0.5, 0.6) is 0 Å². The highest BCUT2D eigenvalue weighted by atomic mass is 16.6. The summed E-state index contributed by atoms with van der Waals surface area (Å²) in [7, 11) is 0. The Labute approximate surface area is 131 Å². The summed E-state index contributed by atoms with van der Waals surface area (Å²) in [4.78, 5) is 11.8. The van der Waals surface area contributed by atoms with Crippen molar-refractivity contribution in [3.05, 3.63) is 78.1 Å². The fourth-order valence-electron chi connectivity index (χ4n) is 1.89. The molecule has 0 aliphatic carbocycles. The van der Waals surface area contributed by atoms with Gasteiger partial charge in [0.1, 0.15) is 0 Å². The Morgan fingerprint density at radius 2 is 1.68 bits per heavy atom. The lowest BCUT2D eigenvalue weighted by Gasteiger charge is -2.11. The molecule has 2 aromatic rings. The van der Waals surface area contributed by atoms with Gasteiger partial charge in [0.15, 0.2) is 6.10 Å². The predicted molar refractivity (Wildman–Crippen MR) is 87.1 cm³/mol. The number of esters is 1. The topological polar surface area (TPSA) is 35.5 Å². The summed E-state index contributed by atoms with van der Waals surface area (Å²) in [6, 6.07) is 19.7. The maximum absolute atomic E-state index is 11.8. The normalized spacial score (nSPS) is 12.0. The first-order valence-electron chi connectivity index (χ1n) is 7.33. The molecule has 1 atom stereocenters. The van der Waals surface area contributed by atoms with Crippen molar-refractivity contribution >= 4 is 12.0 Å². The third kappa shape index (κ3) is 5.44. The molecule has 0 fully saturated rings. The fraction of sp³-hybridized carbons (Fsp3) is 0.211. The van der Waals surface area contributed by atoms with E-state index in [2.05, 4.69) is 0 Å². The van der Waals surface area contributed by atoms with Crippen LogP contribution in [0.1, 0.15) is 18.1 Å². The van der Waals surface area contributed by atoms with E-state index < -0.39 is 6.10 Å². The Hall–Kier alpha value is -2.55.